The van der Waals surface area contributed by atoms with E-state index in [2.05, 4.69) is 6.92 Å². The van der Waals surface area contributed by atoms with Gasteiger partial charge in [-0.25, -0.2) is 4.98 Å². The van der Waals surface area contributed by atoms with Gasteiger partial charge in [0.05, 0.1) is 16.0 Å². The molecule has 2 heterocycles. The van der Waals surface area contributed by atoms with Gasteiger partial charge in [0.15, 0.2) is 5.16 Å². The average molecular weight is 492 g/mol. The molecule has 1 atom stereocenters. The van der Waals surface area contributed by atoms with Gasteiger partial charge in [-0.15, -0.1) is 11.3 Å². The summed E-state index contributed by atoms with van der Waals surface area (Å²) in [5, 5.41) is 12.6. The van der Waals surface area contributed by atoms with Crippen LogP contribution in [0.15, 0.2) is 52.4 Å². The highest BCUT2D eigenvalue weighted by atomic mass is 32.2. The number of hydrogen-bond acceptors (Lipinski definition) is 6. The summed E-state index contributed by atoms with van der Waals surface area (Å²) in [4.78, 5) is 31.9. The third-order valence-corrected chi connectivity index (χ3v) is 8.55. The normalized spacial score (nSPS) is 15.4. The fraction of sp³-hybridized carbons (Fsp3) is 0.308. The fourth-order valence-corrected chi connectivity index (χ4v) is 6.92. The highest BCUT2D eigenvalue weighted by Crippen LogP contribution is 2.37. The van der Waals surface area contributed by atoms with E-state index < -0.39 is 0 Å². The predicted molar refractivity (Wildman–Crippen MR) is 139 cm³/mol. The molecule has 5 rings (SSSR count). The standard InChI is InChI=1S/C26H25N3O3S2/c1-15-7-9-17(3)21(11-15)28-25(30)23-20-10-8-16(2)12-22(20)34-24(23)27-26(28)33-14-18-5-4-6-19(13-18)29(31)32/h4-7,9,11,13,16H,8,10,12,14H2,1-3H3. The minimum Gasteiger partial charge on any atom is -0.268 e. The first kappa shape index (κ1) is 22.8. The van der Waals surface area contributed by atoms with Crippen molar-refractivity contribution in [1.82, 2.24) is 9.55 Å². The van der Waals surface area contributed by atoms with Gasteiger partial charge in [0, 0.05) is 22.8 Å². The number of nitrogens with zero attached hydrogens (tertiary/aromatic N) is 3. The summed E-state index contributed by atoms with van der Waals surface area (Å²) in [7, 11) is 0. The zero-order valence-electron chi connectivity index (χ0n) is 19.3. The van der Waals surface area contributed by atoms with E-state index in [1.165, 1.54) is 28.3 Å². The molecule has 2 aromatic heterocycles. The van der Waals surface area contributed by atoms with Crippen LogP contribution in [-0.4, -0.2) is 14.5 Å². The zero-order chi connectivity index (χ0) is 24.0. The van der Waals surface area contributed by atoms with Gasteiger partial charge >= 0.3 is 0 Å². The maximum Gasteiger partial charge on any atom is 0.269 e. The van der Waals surface area contributed by atoms with Crippen LogP contribution in [0.4, 0.5) is 5.69 Å². The Morgan fingerprint density at radius 1 is 1.24 bits per heavy atom. The van der Waals surface area contributed by atoms with Crippen molar-refractivity contribution < 1.29 is 4.92 Å². The summed E-state index contributed by atoms with van der Waals surface area (Å²) in [6.45, 7) is 6.28. The number of non-ortho nitro benzene ring substituents is 1. The highest BCUT2D eigenvalue weighted by Gasteiger charge is 2.25. The summed E-state index contributed by atoms with van der Waals surface area (Å²) in [5.41, 5.74) is 4.95. The van der Waals surface area contributed by atoms with E-state index in [4.69, 9.17) is 4.98 Å². The largest absolute Gasteiger partial charge is 0.269 e. The minimum absolute atomic E-state index is 0.0210. The number of benzene rings is 2. The molecule has 0 fully saturated rings. The van der Waals surface area contributed by atoms with Gasteiger partial charge in [0.2, 0.25) is 0 Å². The van der Waals surface area contributed by atoms with E-state index in [1.54, 1.807) is 28.0 Å². The lowest BCUT2D eigenvalue weighted by molar-refractivity contribution is -0.384. The first-order chi connectivity index (χ1) is 16.3. The van der Waals surface area contributed by atoms with Crippen LogP contribution in [-0.2, 0) is 18.6 Å². The van der Waals surface area contributed by atoms with Gasteiger partial charge in [-0.05, 0) is 67.3 Å². The number of aryl methyl sites for hydroxylation is 3. The fourth-order valence-electron chi connectivity index (χ4n) is 4.55. The number of fused-ring (bicyclic) bond motifs is 3. The third-order valence-electron chi connectivity index (χ3n) is 6.39. The Hall–Kier alpha value is -2.97. The summed E-state index contributed by atoms with van der Waals surface area (Å²) in [6, 6.07) is 12.7. The molecule has 0 saturated heterocycles. The number of nitro groups is 1. The molecule has 174 valence electrons. The Morgan fingerprint density at radius 3 is 2.85 bits per heavy atom. The molecular weight excluding hydrogens is 466 g/mol. The van der Waals surface area contributed by atoms with Crippen molar-refractivity contribution in [3.05, 3.63) is 90.1 Å². The van der Waals surface area contributed by atoms with E-state index in [9.17, 15) is 14.9 Å². The van der Waals surface area contributed by atoms with Crippen LogP contribution < -0.4 is 5.56 Å². The molecule has 1 aliphatic carbocycles. The molecule has 4 aromatic rings. The molecule has 0 amide bonds. The average Bonchev–Trinajstić information content (AvgIpc) is 3.17. The SMILES string of the molecule is Cc1ccc(C)c(-n2c(SCc3cccc([N+](=O)[O-])c3)nc3sc4c(c3c2=O)CCC(C)C4)c1. The van der Waals surface area contributed by atoms with E-state index in [0.717, 1.165) is 51.9 Å². The van der Waals surface area contributed by atoms with Crippen molar-refractivity contribution in [2.75, 3.05) is 0 Å². The third kappa shape index (κ3) is 4.16. The molecule has 8 heteroatoms. The molecule has 1 unspecified atom stereocenters. The molecule has 0 saturated carbocycles. The van der Waals surface area contributed by atoms with Gasteiger partial charge < -0.3 is 0 Å². The Balaban J connectivity index is 1.66. The van der Waals surface area contributed by atoms with E-state index in [1.807, 2.05) is 38.1 Å². The molecule has 0 bridgehead atoms. The van der Waals surface area contributed by atoms with Crippen LogP contribution in [0.1, 0.15) is 40.5 Å². The molecule has 0 aliphatic heterocycles. The van der Waals surface area contributed by atoms with Crippen molar-refractivity contribution in [2.45, 2.75) is 50.9 Å². The van der Waals surface area contributed by atoms with Crippen LogP contribution in [0.2, 0.25) is 0 Å². The minimum atomic E-state index is -0.387. The summed E-state index contributed by atoms with van der Waals surface area (Å²) < 4.78 is 1.75. The first-order valence-corrected chi connectivity index (χ1v) is 13.1. The topological polar surface area (TPSA) is 78.0 Å². The molecule has 2 aromatic carbocycles. The van der Waals surface area contributed by atoms with Crippen molar-refractivity contribution in [3.63, 3.8) is 0 Å². The number of nitro benzene ring substituents is 1. The predicted octanol–water partition coefficient (Wildman–Crippen LogP) is 6.39. The Labute approximate surface area is 205 Å². The van der Waals surface area contributed by atoms with E-state index >= 15 is 0 Å². The number of aromatic nitrogens is 2. The Kier molecular flexibility index (Phi) is 6.04. The number of thioether (sulfide) groups is 1. The quantitative estimate of drug-likeness (QED) is 0.140. The van der Waals surface area contributed by atoms with Crippen LogP contribution in [0, 0.1) is 29.9 Å². The van der Waals surface area contributed by atoms with Gasteiger partial charge in [-0.1, -0.05) is 43.0 Å². The summed E-state index contributed by atoms with van der Waals surface area (Å²) in [5.74, 6) is 1.09. The smallest absolute Gasteiger partial charge is 0.268 e. The Morgan fingerprint density at radius 2 is 2.06 bits per heavy atom. The molecule has 6 nitrogen and oxygen atoms in total. The summed E-state index contributed by atoms with van der Waals surface area (Å²) >= 11 is 3.09. The number of hydrogen-bond donors (Lipinski definition) is 0. The van der Waals surface area contributed by atoms with Crippen molar-refractivity contribution in [3.8, 4) is 5.69 Å². The summed E-state index contributed by atoms with van der Waals surface area (Å²) in [6.07, 6.45) is 3.00. The first-order valence-electron chi connectivity index (χ1n) is 11.3. The highest BCUT2D eigenvalue weighted by molar-refractivity contribution is 7.98. The molecule has 0 radical (unpaired) electrons. The molecular formula is C26H25N3O3S2. The monoisotopic (exact) mass is 491 g/mol. The second-order valence-electron chi connectivity index (χ2n) is 9.07. The van der Waals surface area contributed by atoms with Gasteiger partial charge in [-0.3, -0.25) is 19.5 Å². The zero-order valence-corrected chi connectivity index (χ0v) is 21.0. The van der Waals surface area contributed by atoms with Crippen LogP contribution in [0.3, 0.4) is 0 Å². The second-order valence-corrected chi connectivity index (χ2v) is 11.1. The lowest BCUT2D eigenvalue weighted by Crippen LogP contribution is -2.23. The molecule has 1 aliphatic rings. The van der Waals surface area contributed by atoms with Gasteiger partial charge in [0.1, 0.15) is 4.83 Å². The van der Waals surface area contributed by atoms with Crippen LogP contribution in [0.5, 0.6) is 0 Å². The van der Waals surface area contributed by atoms with Crippen molar-refractivity contribution >= 4 is 39.0 Å². The number of thiophene rings is 1. The Bertz CT molecular complexity index is 1490. The van der Waals surface area contributed by atoms with Crippen LogP contribution in [0.25, 0.3) is 15.9 Å². The lowest BCUT2D eigenvalue weighted by Gasteiger charge is -2.18. The van der Waals surface area contributed by atoms with Crippen molar-refractivity contribution in [1.29, 1.82) is 0 Å². The second kappa shape index (κ2) is 9.00. The van der Waals surface area contributed by atoms with E-state index in [0.29, 0.717) is 16.8 Å². The maximum atomic E-state index is 14.0. The molecule has 0 N–H and O–H groups in total. The molecule has 0 spiro atoms. The number of rotatable bonds is 5. The van der Waals surface area contributed by atoms with Crippen LogP contribution >= 0.6 is 23.1 Å². The van der Waals surface area contributed by atoms with Gasteiger partial charge in [-0.2, -0.15) is 0 Å². The molecule has 34 heavy (non-hydrogen) atoms. The van der Waals surface area contributed by atoms with Crippen molar-refractivity contribution in [2.24, 2.45) is 5.92 Å². The maximum absolute atomic E-state index is 14.0. The lowest BCUT2D eigenvalue weighted by atomic mass is 9.89. The van der Waals surface area contributed by atoms with E-state index in [-0.39, 0.29) is 16.2 Å². The van der Waals surface area contributed by atoms with Gasteiger partial charge in [0.25, 0.3) is 11.2 Å².